The number of carbonyl (C=O) groups excluding carboxylic acids is 1. The molecule has 26 heavy (non-hydrogen) atoms. The van der Waals surface area contributed by atoms with Gasteiger partial charge in [0.25, 0.3) is 0 Å². The van der Waals surface area contributed by atoms with Crippen LogP contribution in [0.3, 0.4) is 0 Å². The largest absolute Gasteiger partial charge is 0.302 e. The van der Waals surface area contributed by atoms with Crippen LogP contribution in [0.25, 0.3) is 10.2 Å². The number of anilines is 1. The first kappa shape index (κ1) is 18.6. The molecule has 0 saturated carbocycles. The van der Waals surface area contributed by atoms with Crippen LogP contribution >= 0.6 is 11.3 Å². The summed E-state index contributed by atoms with van der Waals surface area (Å²) in [6.07, 6.45) is 1.20. The zero-order valence-electron chi connectivity index (χ0n) is 16.1. The molecular formula is C22H26N2OS. The van der Waals surface area contributed by atoms with E-state index in [0.717, 1.165) is 22.2 Å². The summed E-state index contributed by atoms with van der Waals surface area (Å²) in [4.78, 5) is 16.9. The van der Waals surface area contributed by atoms with Gasteiger partial charge < -0.3 is 5.32 Å². The summed E-state index contributed by atoms with van der Waals surface area (Å²) in [6, 6.07) is 12.8. The highest BCUT2D eigenvalue weighted by Crippen LogP contribution is 2.29. The van der Waals surface area contributed by atoms with Crippen LogP contribution in [0.1, 0.15) is 49.4 Å². The zero-order chi connectivity index (χ0) is 18.9. The fraction of sp³-hybridized carbons (Fsp3) is 0.364. The van der Waals surface area contributed by atoms with Crippen molar-refractivity contribution in [1.29, 1.82) is 0 Å². The van der Waals surface area contributed by atoms with E-state index >= 15 is 0 Å². The molecule has 0 fully saturated rings. The summed E-state index contributed by atoms with van der Waals surface area (Å²) >= 11 is 1.54. The molecule has 0 unspecified atom stereocenters. The fourth-order valence-electron chi connectivity index (χ4n) is 3.04. The predicted molar refractivity (Wildman–Crippen MR) is 111 cm³/mol. The molecule has 0 aliphatic carbocycles. The van der Waals surface area contributed by atoms with Crippen LogP contribution in [0.5, 0.6) is 0 Å². The number of benzene rings is 2. The van der Waals surface area contributed by atoms with Gasteiger partial charge in [-0.25, -0.2) is 4.98 Å². The standard InChI is InChI=1S/C22H26N2OS/c1-14-12-15(2)20-18(13-14)26-21(24-20)23-19(25)11-8-16-6-9-17(10-7-16)22(3,4)5/h6-7,9-10,12-13H,8,11H2,1-5H3,(H,23,24,25). The van der Waals surface area contributed by atoms with Gasteiger partial charge in [-0.05, 0) is 54.0 Å². The lowest BCUT2D eigenvalue weighted by molar-refractivity contribution is -0.116. The van der Waals surface area contributed by atoms with E-state index in [9.17, 15) is 4.79 Å². The Morgan fingerprint density at radius 3 is 2.46 bits per heavy atom. The number of nitrogens with zero attached hydrogens (tertiary/aromatic N) is 1. The molecule has 0 aliphatic rings. The summed E-state index contributed by atoms with van der Waals surface area (Å²) in [5.41, 5.74) is 5.99. The molecule has 1 amide bonds. The maximum atomic E-state index is 12.3. The molecule has 136 valence electrons. The minimum absolute atomic E-state index is 0.0123. The van der Waals surface area contributed by atoms with Crippen LogP contribution in [-0.4, -0.2) is 10.9 Å². The third kappa shape index (κ3) is 4.31. The first-order chi connectivity index (χ1) is 12.2. The third-order valence-electron chi connectivity index (χ3n) is 4.54. The lowest BCUT2D eigenvalue weighted by Gasteiger charge is -2.19. The average Bonchev–Trinajstić information content (AvgIpc) is 2.95. The number of thiazole rings is 1. The van der Waals surface area contributed by atoms with Gasteiger partial charge in [-0.3, -0.25) is 4.79 Å². The van der Waals surface area contributed by atoms with E-state index in [-0.39, 0.29) is 11.3 Å². The number of carbonyl (C=O) groups is 1. The summed E-state index contributed by atoms with van der Waals surface area (Å²) < 4.78 is 1.12. The minimum atomic E-state index is 0.0123. The molecule has 3 rings (SSSR count). The second-order valence-corrected chi connectivity index (χ2v) is 8.97. The molecule has 0 radical (unpaired) electrons. The third-order valence-corrected chi connectivity index (χ3v) is 5.45. The number of rotatable bonds is 4. The van der Waals surface area contributed by atoms with Crippen LogP contribution in [-0.2, 0) is 16.6 Å². The van der Waals surface area contributed by atoms with Gasteiger partial charge in [0.2, 0.25) is 5.91 Å². The van der Waals surface area contributed by atoms with Crippen molar-refractivity contribution < 1.29 is 4.79 Å². The SMILES string of the molecule is Cc1cc(C)c2nc(NC(=O)CCc3ccc(C(C)(C)C)cc3)sc2c1. The van der Waals surface area contributed by atoms with Gasteiger partial charge in [0.15, 0.2) is 5.13 Å². The second-order valence-electron chi connectivity index (χ2n) is 7.94. The fourth-order valence-corrected chi connectivity index (χ4v) is 4.09. The Morgan fingerprint density at radius 1 is 1.12 bits per heavy atom. The van der Waals surface area contributed by atoms with Gasteiger partial charge in [-0.1, -0.05) is 62.4 Å². The monoisotopic (exact) mass is 366 g/mol. The minimum Gasteiger partial charge on any atom is -0.302 e. The lowest BCUT2D eigenvalue weighted by atomic mass is 9.86. The first-order valence-corrected chi connectivity index (χ1v) is 9.81. The molecule has 0 aliphatic heterocycles. The normalized spacial score (nSPS) is 11.7. The van der Waals surface area contributed by atoms with Gasteiger partial charge in [-0.15, -0.1) is 0 Å². The number of aromatic nitrogens is 1. The van der Waals surface area contributed by atoms with Gasteiger partial charge in [0.05, 0.1) is 10.2 Å². The molecule has 1 aromatic heterocycles. The van der Waals surface area contributed by atoms with E-state index in [1.165, 1.54) is 28.0 Å². The van der Waals surface area contributed by atoms with Crippen molar-refractivity contribution >= 4 is 32.6 Å². The van der Waals surface area contributed by atoms with Crippen molar-refractivity contribution in [3.8, 4) is 0 Å². The van der Waals surface area contributed by atoms with Crippen molar-refractivity contribution in [2.24, 2.45) is 0 Å². The van der Waals surface area contributed by atoms with Crippen LogP contribution in [0, 0.1) is 13.8 Å². The number of aryl methyl sites for hydroxylation is 3. The number of fused-ring (bicyclic) bond motifs is 1. The molecule has 1 N–H and O–H groups in total. The second kappa shape index (κ2) is 7.20. The molecule has 0 spiro atoms. The van der Waals surface area contributed by atoms with E-state index in [1.807, 2.05) is 0 Å². The van der Waals surface area contributed by atoms with Gasteiger partial charge in [0, 0.05) is 6.42 Å². The Kier molecular flexibility index (Phi) is 5.15. The maximum absolute atomic E-state index is 12.3. The predicted octanol–water partition coefficient (Wildman–Crippen LogP) is 5.78. The van der Waals surface area contributed by atoms with Crippen molar-refractivity contribution in [2.75, 3.05) is 5.32 Å². The van der Waals surface area contributed by atoms with E-state index in [2.05, 4.69) is 81.3 Å². The summed E-state index contributed by atoms with van der Waals surface area (Å²) in [7, 11) is 0. The molecule has 0 bridgehead atoms. The Labute approximate surface area is 159 Å². The van der Waals surface area contributed by atoms with E-state index < -0.39 is 0 Å². The summed E-state index contributed by atoms with van der Waals surface area (Å²) in [5, 5.41) is 3.63. The Balaban J connectivity index is 1.61. The van der Waals surface area contributed by atoms with Crippen LogP contribution < -0.4 is 5.32 Å². The maximum Gasteiger partial charge on any atom is 0.226 e. The molecule has 4 heteroatoms. The first-order valence-electron chi connectivity index (χ1n) is 8.99. The lowest BCUT2D eigenvalue weighted by Crippen LogP contribution is -2.13. The Bertz CT molecular complexity index is 933. The number of hydrogen-bond donors (Lipinski definition) is 1. The quantitative estimate of drug-likeness (QED) is 0.636. The zero-order valence-corrected chi connectivity index (χ0v) is 17.0. The number of amides is 1. The number of hydrogen-bond acceptors (Lipinski definition) is 3. The molecule has 0 atom stereocenters. The van der Waals surface area contributed by atoms with Crippen LogP contribution in [0.4, 0.5) is 5.13 Å². The highest BCUT2D eigenvalue weighted by atomic mass is 32.1. The highest BCUT2D eigenvalue weighted by molar-refractivity contribution is 7.22. The molecule has 1 heterocycles. The van der Waals surface area contributed by atoms with Gasteiger partial charge >= 0.3 is 0 Å². The van der Waals surface area contributed by atoms with Crippen molar-refractivity contribution in [2.45, 2.75) is 52.9 Å². The molecule has 3 aromatic rings. The molecule has 2 aromatic carbocycles. The molecule has 0 saturated heterocycles. The van der Waals surface area contributed by atoms with Gasteiger partial charge in [-0.2, -0.15) is 0 Å². The summed E-state index contributed by atoms with van der Waals surface area (Å²) in [6.45, 7) is 10.8. The van der Waals surface area contributed by atoms with E-state index in [4.69, 9.17) is 0 Å². The highest BCUT2D eigenvalue weighted by Gasteiger charge is 2.13. The summed E-state index contributed by atoms with van der Waals surface area (Å²) in [5.74, 6) is 0.0123. The number of nitrogens with one attached hydrogen (secondary N) is 1. The molecular weight excluding hydrogens is 340 g/mol. The van der Waals surface area contributed by atoms with E-state index in [1.54, 1.807) is 0 Å². The van der Waals surface area contributed by atoms with Crippen molar-refractivity contribution in [1.82, 2.24) is 4.98 Å². The average molecular weight is 367 g/mol. The Morgan fingerprint density at radius 2 is 1.81 bits per heavy atom. The van der Waals surface area contributed by atoms with Crippen LogP contribution in [0.15, 0.2) is 36.4 Å². The van der Waals surface area contributed by atoms with Crippen LogP contribution in [0.2, 0.25) is 0 Å². The van der Waals surface area contributed by atoms with E-state index in [0.29, 0.717) is 11.6 Å². The molecule has 3 nitrogen and oxygen atoms in total. The van der Waals surface area contributed by atoms with Crippen molar-refractivity contribution in [3.05, 3.63) is 58.7 Å². The Hall–Kier alpha value is -2.20. The smallest absolute Gasteiger partial charge is 0.226 e. The topological polar surface area (TPSA) is 42.0 Å². The van der Waals surface area contributed by atoms with Gasteiger partial charge in [0.1, 0.15) is 0 Å². The van der Waals surface area contributed by atoms with Crippen molar-refractivity contribution in [3.63, 3.8) is 0 Å².